The summed E-state index contributed by atoms with van der Waals surface area (Å²) in [5, 5.41) is 12.9. The van der Waals surface area contributed by atoms with Gasteiger partial charge in [-0.25, -0.2) is 0 Å². The summed E-state index contributed by atoms with van der Waals surface area (Å²) >= 11 is 0. The maximum absolute atomic E-state index is 8.77. The van der Waals surface area contributed by atoms with Crippen molar-refractivity contribution in [3.8, 4) is 17.6 Å². The molecule has 0 aliphatic heterocycles. The number of aryl methyl sites for hydroxylation is 2. The van der Waals surface area contributed by atoms with Crippen molar-refractivity contribution in [1.29, 1.82) is 0 Å². The van der Waals surface area contributed by atoms with Crippen molar-refractivity contribution in [3.05, 3.63) is 47.3 Å². The average molecular weight is 256 g/mol. The van der Waals surface area contributed by atoms with Gasteiger partial charge in [-0.2, -0.15) is 5.10 Å². The summed E-state index contributed by atoms with van der Waals surface area (Å²) in [4.78, 5) is 0. The minimum atomic E-state index is -0.157. The van der Waals surface area contributed by atoms with Gasteiger partial charge in [-0.15, -0.1) is 0 Å². The Labute approximate surface area is 112 Å². The van der Waals surface area contributed by atoms with E-state index in [-0.39, 0.29) is 6.61 Å². The van der Waals surface area contributed by atoms with Crippen LogP contribution in [0.3, 0.4) is 0 Å². The van der Waals surface area contributed by atoms with Crippen molar-refractivity contribution in [1.82, 2.24) is 9.78 Å². The van der Waals surface area contributed by atoms with E-state index in [1.54, 1.807) is 10.9 Å². The monoisotopic (exact) mass is 256 g/mol. The van der Waals surface area contributed by atoms with Gasteiger partial charge in [0.2, 0.25) is 0 Å². The molecule has 2 aromatic rings. The molecule has 0 saturated carbocycles. The Morgan fingerprint density at radius 1 is 1.42 bits per heavy atom. The lowest BCUT2D eigenvalue weighted by Crippen LogP contribution is -1.97. The van der Waals surface area contributed by atoms with Gasteiger partial charge in [-0.05, 0) is 24.6 Å². The van der Waals surface area contributed by atoms with Crippen LogP contribution in [0.15, 0.2) is 30.6 Å². The lowest BCUT2D eigenvalue weighted by atomic mass is 10.1. The molecule has 1 aromatic heterocycles. The fraction of sp³-hybridized carbons (Fsp3) is 0.267. The van der Waals surface area contributed by atoms with E-state index in [2.05, 4.69) is 16.9 Å². The van der Waals surface area contributed by atoms with Gasteiger partial charge < -0.3 is 9.84 Å². The number of nitrogens with zero attached hydrogens (tertiary/aromatic N) is 2. The number of hydrogen-bond acceptors (Lipinski definition) is 3. The molecule has 1 heterocycles. The van der Waals surface area contributed by atoms with Gasteiger partial charge in [0.25, 0.3) is 0 Å². The van der Waals surface area contributed by atoms with Crippen LogP contribution >= 0.6 is 0 Å². The largest absolute Gasteiger partial charge is 0.487 e. The minimum Gasteiger partial charge on any atom is -0.487 e. The van der Waals surface area contributed by atoms with E-state index < -0.39 is 0 Å². The van der Waals surface area contributed by atoms with Crippen LogP contribution in [-0.2, 0) is 13.7 Å². The molecule has 0 atom stereocenters. The van der Waals surface area contributed by atoms with Crippen LogP contribution in [0.2, 0.25) is 0 Å². The van der Waals surface area contributed by atoms with Crippen LogP contribution < -0.4 is 4.74 Å². The second-order valence-electron chi connectivity index (χ2n) is 4.27. The Balaban J connectivity index is 2.15. The first-order chi connectivity index (χ1) is 9.19. The summed E-state index contributed by atoms with van der Waals surface area (Å²) in [6, 6.07) is 5.82. The van der Waals surface area contributed by atoms with Crippen molar-refractivity contribution in [2.45, 2.75) is 13.5 Å². The summed E-state index contributed by atoms with van der Waals surface area (Å²) in [5.41, 5.74) is 2.90. The summed E-state index contributed by atoms with van der Waals surface area (Å²) in [6.07, 6.45) is 3.68. The lowest BCUT2D eigenvalue weighted by molar-refractivity contribution is 0.305. The fourth-order valence-electron chi connectivity index (χ4n) is 1.71. The first kappa shape index (κ1) is 13.2. The number of benzene rings is 1. The average Bonchev–Trinajstić information content (AvgIpc) is 2.81. The number of ether oxygens (including phenoxy) is 1. The lowest BCUT2D eigenvalue weighted by Gasteiger charge is -2.07. The molecule has 4 heteroatoms. The molecule has 0 fully saturated rings. The van der Waals surface area contributed by atoms with Gasteiger partial charge in [-0.3, -0.25) is 4.68 Å². The second kappa shape index (κ2) is 6.07. The van der Waals surface area contributed by atoms with E-state index >= 15 is 0 Å². The quantitative estimate of drug-likeness (QED) is 0.849. The van der Waals surface area contributed by atoms with Crippen molar-refractivity contribution >= 4 is 0 Å². The molecule has 0 aliphatic rings. The molecule has 0 saturated heterocycles. The van der Waals surface area contributed by atoms with E-state index in [0.717, 1.165) is 22.4 Å². The zero-order valence-electron chi connectivity index (χ0n) is 11.1. The molecule has 0 bridgehead atoms. The Morgan fingerprint density at radius 2 is 2.26 bits per heavy atom. The summed E-state index contributed by atoms with van der Waals surface area (Å²) in [6.45, 7) is 2.29. The molecule has 98 valence electrons. The van der Waals surface area contributed by atoms with E-state index in [1.807, 2.05) is 38.4 Å². The van der Waals surface area contributed by atoms with Crippen LogP contribution in [0.5, 0.6) is 5.75 Å². The summed E-state index contributed by atoms with van der Waals surface area (Å²) in [7, 11) is 1.87. The molecule has 1 aromatic carbocycles. The second-order valence-corrected chi connectivity index (χ2v) is 4.27. The van der Waals surface area contributed by atoms with Gasteiger partial charge in [-0.1, -0.05) is 17.9 Å². The number of aromatic nitrogens is 2. The summed E-state index contributed by atoms with van der Waals surface area (Å²) < 4.78 is 7.49. The summed E-state index contributed by atoms with van der Waals surface area (Å²) in [5.74, 6) is 6.26. The Bertz CT molecular complexity index is 621. The molecule has 2 rings (SSSR count). The van der Waals surface area contributed by atoms with Crippen molar-refractivity contribution in [2.75, 3.05) is 6.61 Å². The molecule has 1 N–H and O–H groups in total. The van der Waals surface area contributed by atoms with E-state index in [4.69, 9.17) is 9.84 Å². The number of hydrogen-bond donors (Lipinski definition) is 1. The first-order valence-corrected chi connectivity index (χ1v) is 6.00. The van der Waals surface area contributed by atoms with Crippen LogP contribution in [0.4, 0.5) is 0 Å². The molecule has 0 radical (unpaired) electrons. The zero-order valence-corrected chi connectivity index (χ0v) is 11.1. The van der Waals surface area contributed by atoms with E-state index in [1.165, 1.54) is 0 Å². The van der Waals surface area contributed by atoms with Gasteiger partial charge in [0.1, 0.15) is 19.0 Å². The maximum atomic E-state index is 8.77. The number of aliphatic hydroxyl groups excluding tert-OH is 1. The predicted molar refractivity (Wildman–Crippen MR) is 72.7 cm³/mol. The molecular weight excluding hydrogens is 240 g/mol. The highest BCUT2D eigenvalue weighted by Gasteiger charge is 2.03. The molecule has 0 spiro atoms. The highest BCUT2D eigenvalue weighted by Crippen LogP contribution is 2.20. The van der Waals surface area contributed by atoms with Crippen LogP contribution in [0.25, 0.3) is 0 Å². The van der Waals surface area contributed by atoms with Crippen LogP contribution in [0.1, 0.15) is 16.7 Å². The van der Waals surface area contributed by atoms with Crippen LogP contribution in [-0.4, -0.2) is 21.5 Å². The topological polar surface area (TPSA) is 47.3 Å². The minimum absolute atomic E-state index is 0.157. The molecule has 0 unspecified atom stereocenters. The Hall–Kier alpha value is -2.25. The molecule has 4 nitrogen and oxygen atoms in total. The van der Waals surface area contributed by atoms with Crippen LogP contribution in [0, 0.1) is 18.8 Å². The van der Waals surface area contributed by atoms with Crippen molar-refractivity contribution in [3.63, 3.8) is 0 Å². The molecule has 0 amide bonds. The Kier molecular flexibility index (Phi) is 4.22. The SMILES string of the molecule is Cc1ccc(OCc2cnn(C)c2)c(C#CCO)c1. The molecule has 0 aliphatic carbocycles. The van der Waals surface area contributed by atoms with Crippen molar-refractivity contribution in [2.24, 2.45) is 7.05 Å². The third-order valence-electron chi connectivity index (χ3n) is 2.59. The standard InChI is InChI=1S/C15H16N2O2/c1-12-5-6-15(14(8-12)4-3-7-18)19-11-13-9-16-17(2)10-13/h5-6,8-10,18H,7,11H2,1-2H3. The third-order valence-corrected chi connectivity index (χ3v) is 2.59. The van der Waals surface area contributed by atoms with Gasteiger partial charge in [0.05, 0.1) is 11.8 Å². The highest BCUT2D eigenvalue weighted by atomic mass is 16.5. The van der Waals surface area contributed by atoms with E-state index in [9.17, 15) is 0 Å². The Morgan fingerprint density at radius 3 is 2.95 bits per heavy atom. The first-order valence-electron chi connectivity index (χ1n) is 6.00. The van der Waals surface area contributed by atoms with Gasteiger partial charge in [0, 0.05) is 18.8 Å². The highest BCUT2D eigenvalue weighted by molar-refractivity contribution is 5.48. The smallest absolute Gasteiger partial charge is 0.135 e. The molecular formula is C15H16N2O2. The zero-order chi connectivity index (χ0) is 13.7. The predicted octanol–water partition coefficient (Wildman–Crippen LogP) is 1.65. The maximum Gasteiger partial charge on any atom is 0.135 e. The fourth-order valence-corrected chi connectivity index (χ4v) is 1.71. The van der Waals surface area contributed by atoms with Gasteiger partial charge >= 0.3 is 0 Å². The third kappa shape index (κ3) is 3.60. The van der Waals surface area contributed by atoms with Gasteiger partial charge in [0.15, 0.2) is 0 Å². The molecule has 19 heavy (non-hydrogen) atoms. The normalized spacial score (nSPS) is 9.84. The van der Waals surface area contributed by atoms with E-state index in [0.29, 0.717) is 6.61 Å². The number of rotatable bonds is 3. The number of aliphatic hydroxyl groups is 1. The van der Waals surface area contributed by atoms with Crippen molar-refractivity contribution < 1.29 is 9.84 Å².